The number of sulfonamides is 2. The molecule has 0 fully saturated rings. The normalized spacial score (nSPS) is 14.7. The second-order valence-corrected chi connectivity index (χ2v) is 8.88. The fourth-order valence-electron chi connectivity index (χ4n) is 2.59. The minimum absolute atomic E-state index is 0.0285. The predicted octanol–water partition coefficient (Wildman–Crippen LogP) is 1.35. The van der Waals surface area contributed by atoms with Crippen LogP contribution in [0, 0.1) is 0 Å². The molecule has 3 rings (SSSR count). The molecule has 8 heteroatoms. The summed E-state index contributed by atoms with van der Waals surface area (Å²) in [6.07, 6.45) is 0.668. The van der Waals surface area contributed by atoms with Crippen molar-refractivity contribution < 1.29 is 16.8 Å². The molecule has 0 radical (unpaired) electrons. The molecule has 1 N–H and O–H groups in total. The first kappa shape index (κ1) is 16.0. The van der Waals surface area contributed by atoms with Crippen molar-refractivity contribution in [2.24, 2.45) is 0 Å². The van der Waals surface area contributed by atoms with Crippen molar-refractivity contribution in [2.45, 2.75) is 16.2 Å². The molecular formula is C15H16N2O4S2. The van der Waals surface area contributed by atoms with Gasteiger partial charge in [0, 0.05) is 6.54 Å². The average molecular weight is 352 g/mol. The highest BCUT2D eigenvalue weighted by Gasteiger charge is 2.30. The average Bonchev–Trinajstić information content (AvgIpc) is 3.00. The van der Waals surface area contributed by atoms with Crippen LogP contribution in [0.25, 0.3) is 0 Å². The zero-order valence-electron chi connectivity index (χ0n) is 12.4. The Morgan fingerprint density at radius 2 is 1.52 bits per heavy atom. The van der Waals surface area contributed by atoms with Crippen LogP contribution in [0.3, 0.4) is 0 Å². The number of para-hydroxylation sites is 1. The molecule has 1 aliphatic heterocycles. The van der Waals surface area contributed by atoms with Gasteiger partial charge in [0.05, 0.1) is 15.5 Å². The van der Waals surface area contributed by atoms with Crippen molar-refractivity contribution in [3.8, 4) is 0 Å². The number of benzene rings is 2. The van der Waals surface area contributed by atoms with E-state index in [1.165, 1.54) is 35.6 Å². The molecule has 0 aliphatic carbocycles. The second-order valence-electron chi connectivity index (χ2n) is 5.13. The van der Waals surface area contributed by atoms with Crippen molar-refractivity contribution in [3.63, 3.8) is 0 Å². The van der Waals surface area contributed by atoms with Gasteiger partial charge in [-0.3, -0.25) is 4.31 Å². The maximum Gasteiger partial charge on any atom is 0.264 e. The van der Waals surface area contributed by atoms with Gasteiger partial charge in [0.2, 0.25) is 10.0 Å². The van der Waals surface area contributed by atoms with Crippen molar-refractivity contribution in [3.05, 3.63) is 54.1 Å². The van der Waals surface area contributed by atoms with Gasteiger partial charge >= 0.3 is 0 Å². The minimum atomic E-state index is -3.70. The molecule has 6 nitrogen and oxygen atoms in total. The van der Waals surface area contributed by atoms with E-state index in [0.29, 0.717) is 18.7 Å². The topological polar surface area (TPSA) is 83.5 Å². The van der Waals surface area contributed by atoms with Crippen LogP contribution >= 0.6 is 0 Å². The summed E-state index contributed by atoms with van der Waals surface area (Å²) in [5.41, 5.74) is 1.67. The Labute approximate surface area is 135 Å². The molecule has 1 heterocycles. The molecule has 0 aromatic heterocycles. The van der Waals surface area contributed by atoms with Gasteiger partial charge < -0.3 is 0 Å². The van der Waals surface area contributed by atoms with E-state index in [-0.39, 0.29) is 9.79 Å². The van der Waals surface area contributed by atoms with E-state index in [2.05, 4.69) is 4.72 Å². The first-order valence-electron chi connectivity index (χ1n) is 7.00. The van der Waals surface area contributed by atoms with Gasteiger partial charge in [0.1, 0.15) is 0 Å². The molecular weight excluding hydrogens is 336 g/mol. The molecule has 2 aromatic rings. The number of anilines is 1. The van der Waals surface area contributed by atoms with Crippen molar-refractivity contribution >= 4 is 25.7 Å². The molecule has 0 spiro atoms. The summed E-state index contributed by atoms with van der Waals surface area (Å²) >= 11 is 0. The van der Waals surface area contributed by atoms with E-state index < -0.39 is 20.0 Å². The summed E-state index contributed by atoms with van der Waals surface area (Å²) < 4.78 is 52.6. The van der Waals surface area contributed by atoms with Gasteiger partial charge in [-0.25, -0.2) is 21.6 Å². The molecule has 0 atom stereocenters. The lowest BCUT2D eigenvalue weighted by atomic mass is 10.2. The smallest absolute Gasteiger partial charge is 0.264 e. The molecule has 122 valence electrons. The Kier molecular flexibility index (Phi) is 3.91. The third-order valence-corrected chi connectivity index (χ3v) is 7.09. The quantitative estimate of drug-likeness (QED) is 0.900. The van der Waals surface area contributed by atoms with E-state index in [1.807, 2.05) is 12.1 Å². The lowest BCUT2D eigenvalue weighted by molar-refractivity contribution is 0.586. The van der Waals surface area contributed by atoms with Gasteiger partial charge in [0.15, 0.2) is 0 Å². The molecule has 0 bridgehead atoms. The third-order valence-electron chi connectivity index (χ3n) is 3.84. The molecule has 0 saturated heterocycles. The number of hydrogen-bond acceptors (Lipinski definition) is 4. The molecule has 1 aliphatic rings. The fourth-order valence-corrected chi connectivity index (χ4v) is 4.83. The number of nitrogens with zero attached hydrogens (tertiary/aromatic N) is 1. The molecule has 23 heavy (non-hydrogen) atoms. The van der Waals surface area contributed by atoms with E-state index >= 15 is 0 Å². The summed E-state index contributed by atoms with van der Waals surface area (Å²) in [5.74, 6) is 0. The Balaban J connectivity index is 1.99. The minimum Gasteiger partial charge on any atom is -0.266 e. The van der Waals surface area contributed by atoms with Crippen molar-refractivity contribution in [2.75, 3.05) is 17.9 Å². The summed E-state index contributed by atoms with van der Waals surface area (Å²) in [6.45, 7) is 0.387. The van der Waals surface area contributed by atoms with Crippen LogP contribution in [-0.4, -0.2) is 30.4 Å². The summed E-state index contributed by atoms with van der Waals surface area (Å²) in [6, 6.07) is 12.6. The highest BCUT2D eigenvalue weighted by Crippen LogP contribution is 2.32. The molecule has 2 aromatic carbocycles. The first-order valence-corrected chi connectivity index (χ1v) is 9.93. The number of nitrogens with one attached hydrogen (secondary N) is 1. The lowest BCUT2D eigenvalue weighted by Gasteiger charge is -2.19. The molecule has 0 amide bonds. The van der Waals surface area contributed by atoms with Gasteiger partial charge in [-0.05, 0) is 49.4 Å². The van der Waals surface area contributed by atoms with Crippen LogP contribution in [0.1, 0.15) is 5.56 Å². The van der Waals surface area contributed by atoms with Crippen LogP contribution < -0.4 is 9.03 Å². The first-order chi connectivity index (χ1) is 10.9. The van der Waals surface area contributed by atoms with Crippen LogP contribution in [-0.2, 0) is 26.5 Å². The summed E-state index contributed by atoms with van der Waals surface area (Å²) in [7, 11) is -5.98. The second kappa shape index (κ2) is 5.63. The predicted molar refractivity (Wildman–Crippen MR) is 87.4 cm³/mol. The largest absolute Gasteiger partial charge is 0.266 e. The highest BCUT2D eigenvalue weighted by molar-refractivity contribution is 7.93. The third kappa shape index (κ3) is 2.73. The van der Waals surface area contributed by atoms with Gasteiger partial charge in [-0.2, -0.15) is 0 Å². The monoisotopic (exact) mass is 352 g/mol. The SMILES string of the molecule is CNS(=O)(=O)c1ccc(S(=O)(=O)N2CCc3ccccc32)cc1. The van der Waals surface area contributed by atoms with Crippen LogP contribution in [0.2, 0.25) is 0 Å². The summed E-state index contributed by atoms with van der Waals surface area (Å²) in [4.78, 5) is 0.102. The van der Waals surface area contributed by atoms with E-state index in [0.717, 1.165) is 5.56 Å². The highest BCUT2D eigenvalue weighted by atomic mass is 32.2. The van der Waals surface area contributed by atoms with Crippen molar-refractivity contribution in [1.29, 1.82) is 0 Å². The standard InChI is InChI=1S/C15H16N2O4S2/c1-16-22(18,19)13-6-8-14(9-7-13)23(20,21)17-11-10-12-4-2-3-5-15(12)17/h2-9,16H,10-11H2,1H3. The molecule has 0 saturated carbocycles. The number of hydrogen-bond donors (Lipinski definition) is 1. The Morgan fingerprint density at radius 1 is 0.913 bits per heavy atom. The van der Waals surface area contributed by atoms with E-state index in [1.54, 1.807) is 12.1 Å². The number of rotatable bonds is 4. The van der Waals surface area contributed by atoms with Crippen LogP contribution in [0.5, 0.6) is 0 Å². The van der Waals surface area contributed by atoms with Crippen LogP contribution in [0.15, 0.2) is 58.3 Å². The maximum atomic E-state index is 12.8. The van der Waals surface area contributed by atoms with E-state index in [4.69, 9.17) is 0 Å². The van der Waals surface area contributed by atoms with Crippen LogP contribution in [0.4, 0.5) is 5.69 Å². The van der Waals surface area contributed by atoms with Gasteiger partial charge in [-0.15, -0.1) is 0 Å². The van der Waals surface area contributed by atoms with Crippen molar-refractivity contribution in [1.82, 2.24) is 4.72 Å². The Hall–Kier alpha value is -1.90. The summed E-state index contributed by atoms with van der Waals surface area (Å²) in [5, 5.41) is 0. The zero-order valence-corrected chi connectivity index (χ0v) is 14.1. The maximum absolute atomic E-state index is 12.8. The van der Waals surface area contributed by atoms with Gasteiger partial charge in [0.25, 0.3) is 10.0 Å². The van der Waals surface area contributed by atoms with Gasteiger partial charge in [-0.1, -0.05) is 18.2 Å². The fraction of sp³-hybridized carbons (Fsp3) is 0.200. The lowest BCUT2D eigenvalue weighted by Crippen LogP contribution is -2.29. The van der Waals surface area contributed by atoms with E-state index in [9.17, 15) is 16.8 Å². The Morgan fingerprint density at radius 3 is 2.17 bits per heavy atom. The molecule has 0 unspecified atom stereocenters. The Bertz CT molecular complexity index is 936. The zero-order chi connectivity index (χ0) is 16.7. The number of fused-ring (bicyclic) bond motifs is 1.